The van der Waals surface area contributed by atoms with Crippen LogP contribution in [-0.4, -0.2) is 0 Å². The Morgan fingerprint density at radius 2 is 0.143 bits per heavy atom. The van der Waals surface area contributed by atoms with Crippen molar-refractivity contribution in [2.75, 3.05) is 0 Å². The normalized spacial score (nSPS) is 0. The van der Waals surface area contributed by atoms with Crippen molar-refractivity contribution in [3.05, 3.63) is 49.2 Å². The van der Waals surface area contributed by atoms with Gasteiger partial charge in [0, 0.05) is 40.8 Å². The number of hydrogen-bond acceptors (Lipinski definition) is 0. The second-order valence-corrected chi connectivity index (χ2v) is 0. The fourth-order valence-corrected chi connectivity index (χ4v) is 0. The summed E-state index contributed by atoms with van der Waals surface area (Å²) in [7, 11) is 0. The summed E-state index contributed by atoms with van der Waals surface area (Å²) in [6.07, 6.45) is 0. The summed E-state index contributed by atoms with van der Waals surface area (Å²) in [4.78, 5) is 0. The fraction of sp³-hybridized carbons (Fsp3) is 0. The molecule has 16 N–H and O–H groups in total. The SMILES string of the molecule is [Cr+5].[Cr+5].[Cr+5].[Cr+5].[NH2-].[NH2-].[NH2-].[NH2-].[NH2-].[NH2-].[NH2-].[NH2-].[O-2].[O-2].[O-2].[O-2].[O-2].[O-2].[O-2].[O-2].[O-2].[O-2].[O-2].[O-2].[O-2].[O-2].[Pd].[Pd]. The van der Waals surface area contributed by atoms with Gasteiger partial charge in [0.25, 0.3) is 0 Å². The van der Waals surface area contributed by atoms with Gasteiger partial charge in [0.2, 0.25) is 0 Å². The first-order chi connectivity index (χ1) is 0. The van der Waals surface area contributed by atoms with Crippen molar-refractivity contribution in [3.8, 4) is 0 Å². The van der Waals surface area contributed by atoms with Gasteiger partial charge in [-0.15, -0.1) is 0 Å². The van der Waals surface area contributed by atoms with E-state index in [1.165, 1.54) is 0 Å². The third-order valence-electron chi connectivity index (χ3n) is 0. The van der Waals surface area contributed by atoms with Crippen molar-refractivity contribution in [2.24, 2.45) is 0 Å². The average molecular weight is 773 g/mol. The Hall–Kier alpha value is 2.57. The molecule has 200 valence electrons. The van der Waals surface area contributed by atoms with Gasteiger partial charge in [-0.3, -0.25) is 0 Å². The van der Waals surface area contributed by atoms with Crippen molar-refractivity contribution in [3.63, 3.8) is 0 Å². The van der Waals surface area contributed by atoms with Crippen LogP contribution in [0.15, 0.2) is 0 Å². The summed E-state index contributed by atoms with van der Waals surface area (Å²) in [5, 5.41) is 0. The molecule has 0 heterocycles. The summed E-state index contributed by atoms with van der Waals surface area (Å²) < 4.78 is 0. The predicted octanol–water partition coefficient (Wildman–Crippen LogP) is 4.06. The standard InChI is InChI=1S/4Cr.8H2N.14O.2Pd/h;;;;8*1H2;;;;;;;;;;;;;;;;/q4*+5;8*-1;14*-2;;. The molecule has 0 fully saturated rings. The molecular weight excluding hydrogens is 757 g/mol. The van der Waals surface area contributed by atoms with Crippen molar-refractivity contribution in [2.45, 2.75) is 0 Å². The monoisotopic (exact) mass is 772 g/mol. The zero-order valence-corrected chi connectivity index (χ0v) is 20.8. The summed E-state index contributed by atoms with van der Waals surface area (Å²) in [6.45, 7) is 0. The van der Waals surface area contributed by atoms with Crippen molar-refractivity contribution in [1.29, 1.82) is 0 Å². The minimum Gasteiger partial charge on any atom is -2.00 e. The van der Waals surface area contributed by atoms with Crippen LogP contribution in [0.5, 0.6) is 0 Å². The van der Waals surface area contributed by atoms with Gasteiger partial charge in [-0.1, -0.05) is 0 Å². The molecule has 0 aromatic rings. The molecule has 0 bridgehead atoms. The van der Waals surface area contributed by atoms with E-state index in [1.54, 1.807) is 0 Å². The van der Waals surface area contributed by atoms with Crippen LogP contribution in [0.4, 0.5) is 0 Å². The first-order valence-corrected chi connectivity index (χ1v) is 0. The molecule has 0 aromatic carbocycles. The van der Waals surface area contributed by atoms with Gasteiger partial charge in [-0.25, -0.2) is 0 Å². The number of rotatable bonds is 0. The van der Waals surface area contributed by atoms with E-state index >= 15 is 0 Å². The molecule has 28 heavy (non-hydrogen) atoms. The first kappa shape index (κ1) is 4030. The quantitative estimate of drug-likeness (QED) is 0.314. The van der Waals surface area contributed by atoms with Crippen LogP contribution in [0.2, 0.25) is 0 Å². The maximum Gasteiger partial charge on any atom is 5.00 e. The number of nitrogens with two attached hydrogens (primary N) is 8. The van der Waals surface area contributed by atoms with Gasteiger partial charge in [-0.2, -0.15) is 0 Å². The number of hydrogen-bond donors (Lipinski definition) is 0. The Morgan fingerprint density at radius 3 is 0.143 bits per heavy atom. The topological polar surface area (TPSA) is 667 Å². The van der Waals surface area contributed by atoms with E-state index in [1.807, 2.05) is 0 Å². The van der Waals surface area contributed by atoms with E-state index in [0.29, 0.717) is 0 Å². The molecule has 22 nitrogen and oxygen atoms in total. The molecule has 0 atom stereocenters. The molecule has 0 saturated carbocycles. The van der Waals surface area contributed by atoms with E-state index in [-0.39, 0.29) is 236 Å². The van der Waals surface area contributed by atoms with E-state index < -0.39 is 0 Å². The molecule has 0 aromatic heterocycles. The predicted molar refractivity (Wildman–Crippen MR) is 51.9 cm³/mol. The largest absolute Gasteiger partial charge is 5.00 e. The first-order valence-electron chi connectivity index (χ1n) is 0. The van der Waals surface area contributed by atoms with Crippen molar-refractivity contribution < 1.29 is 187 Å². The minimum absolute atomic E-state index is 0. The second-order valence-electron chi connectivity index (χ2n) is 0. The summed E-state index contributed by atoms with van der Waals surface area (Å²) >= 11 is 0. The zero-order chi connectivity index (χ0) is 0. The van der Waals surface area contributed by atoms with Crippen LogP contribution in [0.3, 0.4) is 0 Å². The fourth-order valence-electron chi connectivity index (χ4n) is 0. The Labute approximate surface area is 234 Å². The summed E-state index contributed by atoms with van der Waals surface area (Å²) in [5.41, 5.74) is 0. The summed E-state index contributed by atoms with van der Waals surface area (Å²) in [5.74, 6) is 0. The molecule has 0 saturated heterocycles. The Morgan fingerprint density at radius 1 is 0.143 bits per heavy atom. The molecule has 0 rings (SSSR count). The van der Waals surface area contributed by atoms with Crippen LogP contribution in [0, 0.1) is 0 Å². The molecule has 0 unspecified atom stereocenters. The van der Waals surface area contributed by atoms with Crippen LogP contribution in [-0.2, 0) is 187 Å². The van der Waals surface area contributed by atoms with E-state index in [4.69, 9.17) is 0 Å². The van der Waals surface area contributed by atoms with E-state index in [2.05, 4.69) is 0 Å². The molecule has 28 heteroatoms. The van der Waals surface area contributed by atoms with Gasteiger partial charge in [0.05, 0.1) is 0 Å². The Balaban J connectivity index is 0. The Kier molecular flexibility index (Phi) is 525000. The molecule has 0 aliphatic carbocycles. The van der Waals surface area contributed by atoms with Gasteiger partial charge in [0.1, 0.15) is 0 Å². The van der Waals surface area contributed by atoms with Gasteiger partial charge < -0.3 is 126 Å². The molecule has 0 spiro atoms. The third-order valence-corrected chi connectivity index (χ3v) is 0. The van der Waals surface area contributed by atoms with Gasteiger partial charge in [-0.05, 0) is 0 Å². The van der Waals surface area contributed by atoms with Crippen LogP contribution < -0.4 is 0 Å². The summed E-state index contributed by atoms with van der Waals surface area (Å²) in [6, 6.07) is 0. The minimum atomic E-state index is 0. The Bertz CT molecular complexity index is 47.3. The van der Waals surface area contributed by atoms with Crippen molar-refractivity contribution >= 4 is 0 Å². The second kappa shape index (κ2) is 3640. The molecular formula is H16Cr4N8O14Pd2-16. The van der Waals surface area contributed by atoms with Crippen LogP contribution in [0.1, 0.15) is 0 Å². The molecule has 0 amide bonds. The van der Waals surface area contributed by atoms with Crippen LogP contribution in [0.25, 0.3) is 49.2 Å². The molecule has 0 aliphatic heterocycles. The zero-order valence-electron chi connectivity index (χ0n) is 12.6. The molecule has 0 aliphatic rings. The van der Waals surface area contributed by atoms with Crippen molar-refractivity contribution in [1.82, 2.24) is 0 Å². The maximum absolute atomic E-state index is 0. The van der Waals surface area contributed by atoms with E-state index in [9.17, 15) is 0 Å². The third kappa shape index (κ3) is 3280. The maximum atomic E-state index is 0. The van der Waals surface area contributed by atoms with Crippen LogP contribution >= 0.6 is 0 Å². The molecule has 4 radical (unpaired) electrons. The van der Waals surface area contributed by atoms with E-state index in [0.717, 1.165) is 0 Å². The smallest absolute Gasteiger partial charge is 2.00 e. The average Bonchev–Trinajstić information content (AvgIpc) is 0. The van der Waals surface area contributed by atoms with Gasteiger partial charge >= 0.3 is 69.4 Å². The van der Waals surface area contributed by atoms with Gasteiger partial charge in [0.15, 0.2) is 0 Å².